The maximum atomic E-state index is 11.5. The molecule has 1 aromatic carbocycles. The lowest BCUT2D eigenvalue weighted by Gasteiger charge is -2.35. The van der Waals surface area contributed by atoms with E-state index in [9.17, 15) is 9.59 Å². The van der Waals surface area contributed by atoms with Crippen molar-refractivity contribution in [3.63, 3.8) is 0 Å². The van der Waals surface area contributed by atoms with E-state index >= 15 is 0 Å². The molecule has 1 aliphatic heterocycles. The van der Waals surface area contributed by atoms with Crippen molar-refractivity contribution in [1.82, 2.24) is 4.90 Å². The predicted octanol–water partition coefficient (Wildman–Crippen LogP) is 0.380. The van der Waals surface area contributed by atoms with Crippen LogP contribution < -0.4 is 10.2 Å². The third-order valence-electron chi connectivity index (χ3n) is 3.67. The third kappa shape index (κ3) is 5.39. The summed E-state index contributed by atoms with van der Waals surface area (Å²) in [4.78, 5) is 26.3. The lowest BCUT2D eigenvalue weighted by molar-refractivity contribution is -0.131. The van der Waals surface area contributed by atoms with Gasteiger partial charge in [-0.15, -0.1) is 0 Å². The van der Waals surface area contributed by atoms with Crippen LogP contribution in [0.2, 0.25) is 0 Å². The van der Waals surface area contributed by atoms with Crippen LogP contribution in [-0.4, -0.2) is 66.3 Å². The molecule has 7 heteroatoms. The van der Waals surface area contributed by atoms with Gasteiger partial charge in [0.15, 0.2) is 0 Å². The predicted molar refractivity (Wildman–Crippen MR) is 87.6 cm³/mol. The van der Waals surface area contributed by atoms with Crippen LogP contribution in [0.15, 0.2) is 36.4 Å². The lowest BCUT2D eigenvalue weighted by Crippen LogP contribution is -2.47. The Labute approximate surface area is 134 Å². The third-order valence-corrected chi connectivity index (χ3v) is 3.67. The smallest absolute Gasteiger partial charge is 0.328 e. The summed E-state index contributed by atoms with van der Waals surface area (Å²) < 4.78 is 0. The van der Waals surface area contributed by atoms with Gasteiger partial charge in [0.2, 0.25) is 5.91 Å². The highest BCUT2D eigenvalue weighted by Crippen LogP contribution is 2.19. The zero-order valence-corrected chi connectivity index (χ0v) is 12.8. The number of aliphatic carboxylic acids is 1. The summed E-state index contributed by atoms with van der Waals surface area (Å²) >= 11 is 0. The maximum absolute atomic E-state index is 11.5. The number of benzene rings is 1. The Balaban J connectivity index is 1.87. The van der Waals surface area contributed by atoms with E-state index in [1.807, 2.05) is 12.1 Å². The van der Waals surface area contributed by atoms with Crippen LogP contribution in [0, 0.1) is 0 Å². The fourth-order valence-electron chi connectivity index (χ4n) is 2.46. The number of anilines is 2. The van der Waals surface area contributed by atoms with Crippen molar-refractivity contribution in [2.75, 3.05) is 49.5 Å². The number of aliphatic hydroxyl groups excluding tert-OH is 1. The minimum absolute atomic E-state index is 0.185. The Kier molecular flexibility index (Phi) is 6.13. The van der Waals surface area contributed by atoms with Crippen LogP contribution in [-0.2, 0) is 9.59 Å². The van der Waals surface area contributed by atoms with E-state index in [0.717, 1.165) is 44.0 Å². The normalized spacial score (nSPS) is 15.8. The van der Waals surface area contributed by atoms with Crippen molar-refractivity contribution in [2.24, 2.45) is 0 Å². The van der Waals surface area contributed by atoms with Crippen molar-refractivity contribution in [3.8, 4) is 0 Å². The molecular formula is C16H21N3O4. The van der Waals surface area contributed by atoms with Gasteiger partial charge < -0.3 is 20.4 Å². The molecule has 0 radical (unpaired) electrons. The maximum Gasteiger partial charge on any atom is 0.328 e. The summed E-state index contributed by atoms with van der Waals surface area (Å²) in [6.45, 7) is 4.52. The van der Waals surface area contributed by atoms with E-state index < -0.39 is 11.9 Å². The second kappa shape index (κ2) is 8.30. The number of nitrogens with zero attached hydrogens (tertiary/aromatic N) is 2. The molecule has 23 heavy (non-hydrogen) atoms. The van der Waals surface area contributed by atoms with Gasteiger partial charge in [0.1, 0.15) is 0 Å². The summed E-state index contributed by atoms with van der Waals surface area (Å²) in [6.07, 6.45) is 1.78. The number of nitrogens with one attached hydrogen (secondary N) is 1. The van der Waals surface area contributed by atoms with Crippen molar-refractivity contribution >= 4 is 23.3 Å². The first kappa shape index (κ1) is 17.0. The van der Waals surface area contributed by atoms with Crippen LogP contribution >= 0.6 is 0 Å². The van der Waals surface area contributed by atoms with Crippen LogP contribution in [0.1, 0.15) is 0 Å². The molecule has 0 bridgehead atoms. The van der Waals surface area contributed by atoms with Gasteiger partial charge in [0.05, 0.1) is 6.61 Å². The van der Waals surface area contributed by atoms with Crippen LogP contribution in [0.25, 0.3) is 0 Å². The van der Waals surface area contributed by atoms with Crippen molar-refractivity contribution in [2.45, 2.75) is 0 Å². The van der Waals surface area contributed by atoms with Crippen LogP contribution in [0.5, 0.6) is 0 Å². The van der Waals surface area contributed by atoms with Gasteiger partial charge in [-0.3, -0.25) is 9.69 Å². The van der Waals surface area contributed by atoms with Gasteiger partial charge in [-0.1, -0.05) is 0 Å². The quantitative estimate of drug-likeness (QED) is 0.657. The molecule has 3 N–H and O–H groups in total. The van der Waals surface area contributed by atoms with Crippen molar-refractivity contribution < 1.29 is 19.8 Å². The molecule has 1 amide bonds. The molecule has 0 atom stereocenters. The SMILES string of the molecule is O=C(O)/C=C/C(=O)Nc1ccc(N2CCN(CCO)CC2)cc1. The molecule has 124 valence electrons. The fourth-order valence-corrected chi connectivity index (χ4v) is 2.46. The molecule has 0 unspecified atom stereocenters. The summed E-state index contributed by atoms with van der Waals surface area (Å²) in [6, 6.07) is 7.44. The Morgan fingerprint density at radius 2 is 1.74 bits per heavy atom. The Morgan fingerprint density at radius 1 is 1.09 bits per heavy atom. The van der Waals surface area contributed by atoms with Gasteiger partial charge in [-0.05, 0) is 24.3 Å². The molecule has 0 aliphatic carbocycles. The number of hydrogen-bond acceptors (Lipinski definition) is 5. The first-order chi connectivity index (χ1) is 11.1. The van der Waals surface area contributed by atoms with Gasteiger partial charge in [-0.25, -0.2) is 4.79 Å². The molecule has 2 rings (SSSR count). The Morgan fingerprint density at radius 3 is 2.30 bits per heavy atom. The number of carboxylic acids is 1. The molecular weight excluding hydrogens is 298 g/mol. The fraction of sp³-hybridized carbons (Fsp3) is 0.375. The second-order valence-electron chi connectivity index (χ2n) is 5.26. The summed E-state index contributed by atoms with van der Waals surface area (Å²) in [5, 5.41) is 20.0. The molecule has 1 fully saturated rings. The van der Waals surface area contributed by atoms with Gasteiger partial charge >= 0.3 is 5.97 Å². The molecule has 0 spiro atoms. The molecule has 0 saturated carbocycles. The number of carbonyl (C=O) groups is 2. The Hall–Kier alpha value is -2.38. The lowest BCUT2D eigenvalue weighted by atomic mass is 10.2. The summed E-state index contributed by atoms with van der Waals surface area (Å²) in [5.41, 5.74) is 1.69. The van der Waals surface area contributed by atoms with E-state index in [-0.39, 0.29) is 6.61 Å². The van der Waals surface area contributed by atoms with Gasteiger partial charge in [-0.2, -0.15) is 0 Å². The first-order valence-corrected chi connectivity index (χ1v) is 7.48. The van der Waals surface area contributed by atoms with Crippen LogP contribution in [0.4, 0.5) is 11.4 Å². The molecule has 1 heterocycles. The number of amides is 1. The minimum atomic E-state index is -1.16. The number of piperazine rings is 1. The molecule has 0 aromatic heterocycles. The number of aliphatic hydroxyl groups is 1. The molecule has 1 aliphatic rings. The van der Waals surface area contributed by atoms with E-state index in [4.69, 9.17) is 10.2 Å². The average molecular weight is 319 g/mol. The minimum Gasteiger partial charge on any atom is -0.478 e. The van der Waals surface area contributed by atoms with E-state index in [1.165, 1.54) is 0 Å². The Bertz CT molecular complexity index is 563. The van der Waals surface area contributed by atoms with Gasteiger partial charge in [0, 0.05) is 56.3 Å². The number of carboxylic acid groups (broad SMARTS) is 1. The molecule has 7 nitrogen and oxygen atoms in total. The number of carbonyl (C=O) groups excluding carboxylic acids is 1. The second-order valence-corrected chi connectivity index (χ2v) is 5.26. The highest BCUT2D eigenvalue weighted by Gasteiger charge is 2.16. The number of hydrogen-bond donors (Lipinski definition) is 3. The van der Waals surface area contributed by atoms with Gasteiger partial charge in [0.25, 0.3) is 0 Å². The first-order valence-electron chi connectivity index (χ1n) is 7.48. The van der Waals surface area contributed by atoms with E-state index in [2.05, 4.69) is 15.1 Å². The van der Waals surface area contributed by atoms with E-state index in [0.29, 0.717) is 12.2 Å². The highest BCUT2D eigenvalue weighted by atomic mass is 16.4. The van der Waals surface area contributed by atoms with Crippen molar-refractivity contribution in [3.05, 3.63) is 36.4 Å². The summed E-state index contributed by atoms with van der Waals surface area (Å²) in [5.74, 6) is -1.63. The largest absolute Gasteiger partial charge is 0.478 e. The van der Waals surface area contributed by atoms with Crippen LogP contribution in [0.3, 0.4) is 0 Å². The number of β-amino-alcohol motifs (C(OH)–C–C–N with tert-alkyl or cyclic N) is 1. The highest BCUT2D eigenvalue weighted by molar-refractivity contribution is 6.02. The zero-order chi connectivity index (χ0) is 16.7. The average Bonchev–Trinajstić information content (AvgIpc) is 2.55. The molecule has 1 saturated heterocycles. The summed E-state index contributed by atoms with van der Waals surface area (Å²) in [7, 11) is 0. The monoisotopic (exact) mass is 319 g/mol. The standard InChI is InChI=1S/C16H21N3O4/c20-12-11-18-7-9-19(10-8-18)14-3-1-13(2-4-14)17-15(21)5-6-16(22)23/h1-6,20H,7-12H2,(H,17,21)(H,22,23)/b6-5+. The zero-order valence-electron chi connectivity index (χ0n) is 12.8. The van der Waals surface area contributed by atoms with E-state index in [1.54, 1.807) is 12.1 Å². The number of rotatable bonds is 6. The molecule has 1 aromatic rings. The topological polar surface area (TPSA) is 93.1 Å². The van der Waals surface area contributed by atoms with Crippen molar-refractivity contribution in [1.29, 1.82) is 0 Å².